The summed E-state index contributed by atoms with van der Waals surface area (Å²) in [6.07, 6.45) is 0. The Balaban J connectivity index is 1.57. The molecule has 1 unspecified atom stereocenters. The Bertz CT molecular complexity index is 767. The summed E-state index contributed by atoms with van der Waals surface area (Å²) in [5.74, 6) is -0.0768. The monoisotopic (exact) mass is 337 g/mol. The summed E-state index contributed by atoms with van der Waals surface area (Å²) in [6.45, 7) is 1.96. The van der Waals surface area contributed by atoms with Gasteiger partial charge in [0.1, 0.15) is 13.1 Å². The van der Waals surface area contributed by atoms with Gasteiger partial charge in [-0.15, -0.1) is 11.3 Å². The minimum absolute atomic E-state index is 0.0768. The molecule has 3 rings (SSSR count). The highest BCUT2D eigenvalue weighted by Gasteiger charge is 2.09. The first kappa shape index (κ1) is 16.4. The van der Waals surface area contributed by atoms with Crippen molar-refractivity contribution in [2.45, 2.75) is 13.1 Å². The van der Waals surface area contributed by atoms with Crippen LogP contribution < -0.4 is 10.2 Å². The second-order valence-corrected chi connectivity index (χ2v) is 6.94. The first-order valence-corrected chi connectivity index (χ1v) is 8.88. The number of hydrogen-bond acceptors (Lipinski definition) is 2. The van der Waals surface area contributed by atoms with Gasteiger partial charge < -0.3 is 10.2 Å². The van der Waals surface area contributed by atoms with Gasteiger partial charge in [0.25, 0.3) is 5.91 Å². The minimum atomic E-state index is -0.0768. The molecule has 0 saturated carbocycles. The lowest BCUT2D eigenvalue weighted by Gasteiger charge is -2.13. The first-order valence-electron chi connectivity index (χ1n) is 8.00. The highest BCUT2D eigenvalue weighted by molar-refractivity contribution is 7.09. The van der Waals surface area contributed by atoms with E-state index in [1.807, 2.05) is 54.6 Å². The van der Waals surface area contributed by atoms with Crippen molar-refractivity contribution in [2.75, 3.05) is 12.4 Å². The standard InChI is InChI=1S/C20H20N2OS/c1-22(15-19-8-5-13-24-19)14-16-9-11-17(12-10-16)20(23)21-18-6-3-2-4-7-18/h2-13H,14-15H2,1H3,(H,21,23)/p+1. The van der Waals surface area contributed by atoms with Crippen LogP contribution in [0.3, 0.4) is 0 Å². The van der Waals surface area contributed by atoms with Crippen molar-refractivity contribution in [1.29, 1.82) is 0 Å². The summed E-state index contributed by atoms with van der Waals surface area (Å²) in [5.41, 5.74) is 2.73. The molecule has 1 aromatic heterocycles. The fourth-order valence-electron chi connectivity index (χ4n) is 2.62. The van der Waals surface area contributed by atoms with Crippen molar-refractivity contribution >= 4 is 22.9 Å². The average molecular weight is 337 g/mol. The number of quaternary nitrogens is 1. The maximum atomic E-state index is 12.2. The second-order valence-electron chi connectivity index (χ2n) is 5.91. The summed E-state index contributed by atoms with van der Waals surface area (Å²) in [4.78, 5) is 15.1. The molecule has 0 fully saturated rings. The smallest absolute Gasteiger partial charge is 0.255 e. The molecule has 0 spiro atoms. The van der Waals surface area contributed by atoms with Crippen LogP contribution in [0.15, 0.2) is 72.1 Å². The van der Waals surface area contributed by atoms with Crippen molar-refractivity contribution in [3.8, 4) is 0 Å². The quantitative estimate of drug-likeness (QED) is 0.711. The highest BCUT2D eigenvalue weighted by atomic mass is 32.1. The van der Waals surface area contributed by atoms with Crippen LogP contribution >= 0.6 is 11.3 Å². The van der Waals surface area contributed by atoms with Crippen LogP contribution in [0, 0.1) is 0 Å². The predicted octanol–water partition coefficient (Wildman–Crippen LogP) is 3.22. The predicted molar refractivity (Wildman–Crippen MR) is 99.5 cm³/mol. The highest BCUT2D eigenvalue weighted by Crippen LogP contribution is 2.10. The van der Waals surface area contributed by atoms with E-state index in [0.717, 1.165) is 18.8 Å². The minimum Gasteiger partial charge on any atom is -0.329 e. The number of rotatable bonds is 6. The summed E-state index contributed by atoms with van der Waals surface area (Å²) in [6, 6.07) is 21.6. The number of amides is 1. The van der Waals surface area contributed by atoms with Crippen LogP contribution in [-0.4, -0.2) is 13.0 Å². The third-order valence-corrected chi connectivity index (χ3v) is 4.69. The summed E-state index contributed by atoms with van der Waals surface area (Å²) >= 11 is 1.80. The van der Waals surface area contributed by atoms with Crippen molar-refractivity contribution in [1.82, 2.24) is 0 Å². The van der Waals surface area contributed by atoms with E-state index in [1.165, 1.54) is 15.3 Å². The fourth-order valence-corrected chi connectivity index (χ4v) is 3.44. The Morgan fingerprint density at radius 2 is 1.71 bits per heavy atom. The molecule has 1 atom stereocenters. The molecule has 24 heavy (non-hydrogen) atoms. The van der Waals surface area contributed by atoms with E-state index >= 15 is 0 Å². The van der Waals surface area contributed by atoms with Gasteiger partial charge in [-0.1, -0.05) is 36.4 Å². The van der Waals surface area contributed by atoms with E-state index in [1.54, 1.807) is 11.3 Å². The van der Waals surface area contributed by atoms with Crippen LogP contribution in [0.5, 0.6) is 0 Å². The summed E-state index contributed by atoms with van der Waals surface area (Å²) < 4.78 is 0. The van der Waals surface area contributed by atoms with Crippen molar-refractivity contribution in [3.63, 3.8) is 0 Å². The zero-order valence-corrected chi connectivity index (χ0v) is 14.5. The second kappa shape index (κ2) is 7.90. The third-order valence-electron chi connectivity index (χ3n) is 3.81. The van der Waals surface area contributed by atoms with Crippen LogP contribution in [0.1, 0.15) is 20.8 Å². The van der Waals surface area contributed by atoms with E-state index < -0.39 is 0 Å². The molecule has 1 amide bonds. The van der Waals surface area contributed by atoms with Gasteiger partial charge in [-0.25, -0.2) is 0 Å². The zero-order chi connectivity index (χ0) is 16.8. The summed E-state index contributed by atoms with van der Waals surface area (Å²) in [7, 11) is 2.19. The number of carbonyl (C=O) groups excluding carboxylic acids is 1. The lowest BCUT2D eigenvalue weighted by Crippen LogP contribution is -3.06. The maximum Gasteiger partial charge on any atom is 0.255 e. The molecule has 0 aliphatic heterocycles. The Hall–Kier alpha value is -2.43. The number of nitrogens with one attached hydrogen (secondary N) is 2. The molecular weight excluding hydrogens is 316 g/mol. The van der Waals surface area contributed by atoms with Gasteiger partial charge in [0.05, 0.1) is 11.9 Å². The van der Waals surface area contributed by atoms with E-state index in [2.05, 4.69) is 29.9 Å². The first-order chi connectivity index (χ1) is 11.7. The van der Waals surface area contributed by atoms with Gasteiger partial charge in [0.15, 0.2) is 0 Å². The molecule has 0 aliphatic rings. The Kier molecular flexibility index (Phi) is 5.41. The Morgan fingerprint density at radius 3 is 2.38 bits per heavy atom. The number of anilines is 1. The molecule has 3 nitrogen and oxygen atoms in total. The molecule has 1 heterocycles. The summed E-state index contributed by atoms with van der Waals surface area (Å²) in [5, 5.41) is 5.02. The van der Waals surface area contributed by atoms with E-state index in [0.29, 0.717) is 5.56 Å². The van der Waals surface area contributed by atoms with Crippen LogP contribution in [0.2, 0.25) is 0 Å². The molecule has 4 heteroatoms. The molecule has 0 bridgehead atoms. The van der Waals surface area contributed by atoms with Gasteiger partial charge >= 0.3 is 0 Å². The number of benzene rings is 2. The Labute approximate surface area is 146 Å². The lowest BCUT2D eigenvalue weighted by molar-refractivity contribution is -0.907. The van der Waals surface area contributed by atoms with Crippen LogP contribution in [0.25, 0.3) is 0 Å². The van der Waals surface area contributed by atoms with Gasteiger partial charge in [0.2, 0.25) is 0 Å². The van der Waals surface area contributed by atoms with Gasteiger partial charge in [-0.3, -0.25) is 4.79 Å². The number of thiophene rings is 1. The lowest BCUT2D eigenvalue weighted by atomic mass is 10.1. The molecule has 0 aliphatic carbocycles. The van der Waals surface area contributed by atoms with Gasteiger partial charge in [0, 0.05) is 16.8 Å². The molecular formula is C20H21N2OS+. The van der Waals surface area contributed by atoms with E-state index in [4.69, 9.17) is 0 Å². The molecule has 2 N–H and O–H groups in total. The largest absolute Gasteiger partial charge is 0.329 e. The SMILES string of the molecule is C[NH+](Cc1ccc(C(=O)Nc2ccccc2)cc1)Cc1cccs1. The normalized spacial score (nSPS) is 11.9. The van der Waals surface area contributed by atoms with Crippen LogP contribution in [0.4, 0.5) is 5.69 Å². The average Bonchev–Trinajstić information content (AvgIpc) is 3.09. The number of carbonyl (C=O) groups is 1. The molecule has 0 radical (unpaired) electrons. The van der Waals surface area contributed by atoms with Gasteiger partial charge in [-0.2, -0.15) is 0 Å². The zero-order valence-electron chi connectivity index (χ0n) is 13.7. The number of para-hydroxylation sites is 1. The molecule has 122 valence electrons. The maximum absolute atomic E-state index is 12.2. The molecule has 0 saturated heterocycles. The van der Waals surface area contributed by atoms with Crippen molar-refractivity contribution < 1.29 is 9.69 Å². The van der Waals surface area contributed by atoms with Crippen molar-refractivity contribution in [3.05, 3.63) is 88.1 Å². The Morgan fingerprint density at radius 1 is 0.958 bits per heavy atom. The fraction of sp³-hybridized carbons (Fsp3) is 0.150. The van der Waals surface area contributed by atoms with Gasteiger partial charge in [-0.05, 0) is 35.7 Å². The molecule has 3 aromatic rings. The van der Waals surface area contributed by atoms with Crippen molar-refractivity contribution in [2.24, 2.45) is 0 Å². The topological polar surface area (TPSA) is 33.5 Å². The molecule has 2 aromatic carbocycles. The van der Waals surface area contributed by atoms with E-state index in [-0.39, 0.29) is 5.91 Å². The third kappa shape index (κ3) is 4.54. The van der Waals surface area contributed by atoms with E-state index in [9.17, 15) is 4.79 Å². The van der Waals surface area contributed by atoms with Crippen LogP contribution in [-0.2, 0) is 13.1 Å². The number of hydrogen-bond donors (Lipinski definition) is 2.